The fourth-order valence-corrected chi connectivity index (χ4v) is 5.33. The molecule has 4 nitrogen and oxygen atoms in total. The SMILES string of the molecule is O=C1N(Cc2ccccc2)CC2c3c(c4ccccc4n3Cc3ccccc3)CCN12. The minimum absolute atomic E-state index is 0.107. The lowest BCUT2D eigenvalue weighted by Gasteiger charge is -2.30. The Hall–Kier alpha value is -3.53. The molecule has 4 heteroatoms. The van der Waals surface area contributed by atoms with Gasteiger partial charge < -0.3 is 14.4 Å². The van der Waals surface area contributed by atoms with Gasteiger partial charge in [-0.05, 0) is 29.2 Å². The average Bonchev–Trinajstić information content (AvgIpc) is 3.30. The minimum Gasteiger partial charge on any atom is -0.338 e. The number of amides is 2. The van der Waals surface area contributed by atoms with E-state index >= 15 is 0 Å². The van der Waals surface area contributed by atoms with Crippen molar-refractivity contribution in [1.82, 2.24) is 14.4 Å². The summed E-state index contributed by atoms with van der Waals surface area (Å²) in [5.74, 6) is 0. The molecule has 154 valence electrons. The van der Waals surface area contributed by atoms with Crippen LogP contribution >= 0.6 is 0 Å². The Morgan fingerprint density at radius 2 is 1.42 bits per heavy atom. The number of carbonyl (C=O) groups excluding carboxylic acids is 1. The van der Waals surface area contributed by atoms with Gasteiger partial charge in [0.1, 0.15) is 0 Å². The van der Waals surface area contributed by atoms with Crippen molar-refractivity contribution < 1.29 is 4.79 Å². The molecule has 0 spiro atoms. The first-order chi connectivity index (χ1) is 15.3. The van der Waals surface area contributed by atoms with Gasteiger partial charge in [0, 0.05) is 42.8 Å². The Kier molecular flexibility index (Phi) is 4.30. The number of fused-ring (bicyclic) bond motifs is 5. The number of urea groups is 1. The van der Waals surface area contributed by atoms with E-state index in [1.807, 2.05) is 23.1 Å². The Labute approximate surface area is 182 Å². The van der Waals surface area contributed by atoms with Crippen LogP contribution in [0.2, 0.25) is 0 Å². The smallest absolute Gasteiger partial charge is 0.321 e. The Morgan fingerprint density at radius 1 is 0.774 bits per heavy atom. The molecule has 2 amide bonds. The summed E-state index contributed by atoms with van der Waals surface area (Å²) < 4.78 is 2.45. The maximum Gasteiger partial charge on any atom is 0.321 e. The van der Waals surface area contributed by atoms with Crippen LogP contribution in [-0.2, 0) is 19.5 Å². The van der Waals surface area contributed by atoms with Crippen molar-refractivity contribution in [2.24, 2.45) is 0 Å². The number of aromatic nitrogens is 1. The zero-order valence-corrected chi connectivity index (χ0v) is 17.4. The van der Waals surface area contributed by atoms with Gasteiger partial charge in [0.15, 0.2) is 0 Å². The molecule has 1 atom stereocenters. The molecule has 2 aliphatic rings. The maximum atomic E-state index is 13.3. The fourth-order valence-electron chi connectivity index (χ4n) is 5.33. The quantitative estimate of drug-likeness (QED) is 0.456. The molecule has 1 fully saturated rings. The van der Waals surface area contributed by atoms with E-state index < -0.39 is 0 Å². The molecule has 3 aromatic carbocycles. The summed E-state index contributed by atoms with van der Waals surface area (Å²) >= 11 is 0. The molecule has 6 rings (SSSR count). The van der Waals surface area contributed by atoms with Crippen molar-refractivity contribution >= 4 is 16.9 Å². The maximum absolute atomic E-state index is 13.3. The number of hydrogen-bond donors (Lipinski definition) is 0. The van der Waals surface area contributed by atoms with Crippen LogP contribution in [0.4, 0.5) is 4.79 Å². The van der Waals surface area contributed by atoms with Crippen LogP contribution in [0.5, 0.6) is 0 Å². The van der Waals surface area contributed by atoms with E-state index in [1.54, 1.807) is 0 Å². The van der Waals surface area contributed by atoms with E-state index in [0.29, 0.717) is 6.54 Å². The van der Waals surface area contributed by atoms with E-state index in [0.717, 1.165) is 26.1 Å². The van der Waals surface area contributed by atoms with Crippen molar-refractivity contribution in [2.75, 3.05) is 13.1 Å². The molecule has 0 aliphatic carbocycles. The highest BCUT2D eigenvalue weighted by atomic mass is 16.2. The molecule has 0 saturated carbocycles. The van der Waals surface area contributed by atoms with Crippen LogP contribution < -0.4 is 0 Å². The summed E-state index contributed by atoms with van der Waals surface area (Å²) in [6, 6.07) is 29.9. The van der Waals surface area contributed by atoms with Crippen LogP contribution in [0.1, 0.15) is 28.4 Å². The summed E-state index contributed by atoms with van der Waals surface area (Å²) in [5, 5.41) is 1.34. The zero-order chi connectivity index (χ0) is 20.8. The summed E-state index contributed by atoms with van der Waals surface area (Å²) in [4.78, 5) is 17.4. The van der Waals surface area contributed by atoms with Gasteiger partial charge in [-0.2, -0.15) is 0 Å². The molecule has 4 aromatic rings. The minimum atomic E-state index is 0.107. The highest BCUT2D eigenvalue weighted by Gasteiger charge is 2.43. The van der Waals surface area contributed by atoms with Crippen LogP contribution in [0.3, 0.4) is 0 Å². The van der Waals surface area contributed by atoms with Crippen molar-refractivity contribution in [3.8, 4) is 0 Å². The van der Waals surface area contributed by atoms with Crippen molar-refractivity contribution in [1.29, 1.82) is 0 Å². The molecule has 31 heavy (non-hydrogen) atoms. The second-order valence-electron chi connectivity index (χ2n) is 8.56. The summed E-state index contributed by atoms with van der Waals surface area (Å²) in [7, 11) is 0. The Balaban J connectivity index is 1.42. The normalized spacial score (nSPS) is 17.8. The molecule has 0 radical (unpaired) electrons. The molecule has 3 heterocycles. The van der Waals surface area contributed by atoms with Crippen LogP contribution in [0.15, 0.2) is 84.9 Å². The molecule has 2 aliphatic heterocycles. The molecular weight excluding hydrogens is 382 g/mol. The predicted molar refractivity (Wildman–Crippen MR) is 123 cm³/mol. The number of para-hydroxylation sites is 1. The molecular formula is C27H25N3O. The van der Waals surface area contributed by atoms with Gasteiger partial charge in [0.05, 0.1) is 6.04 Å². The summed E-state index contributed by atoms with van der Waals surface area (Å²) in [6.45, 7) is 3.03. The highest BCUT2D eigenvalue weighted by molar-refractivity contribution is 5.87. The lowest BCUT2D eigenvalue weighted by molar-refractivity contribution is 0.182. The second-order valence-corrected chi connectivity index (χ2v) is 8.56. The third kappa shape index (κ3) is 3.02. The lowest BCUT2D eigenvalue weighted by Crippen LogP contribution is -2.37. The Bertz CT molecular complexity index is 1250. The zero-order valence-electron chi connectivity index (χ0n) is 17.4. The third-order valence-electron chi connectivity index (χ3n) is 6.72. The van der Waals surface area contributed by atoms with Gasteiger partial charge in [0.25, 0.3) is 0 Å². The number of rotatable bonds is 4. The average molecular weight is 408 g/mol. The first-order valence-corrected chi connectivity index (χ1v) is 11.0. The number of hydrogen-bond acceptors (Lipinski definition) is 1. The van der Waals surface area contributed by atoms with Gasteiger partial charge in [0.2, 0.25) is 0 Å². The van der Waals surface area contributed by atoms with Gasteiger partial charge in [-0.25, -0.2) is 4.79 Å². The van der Waals surface area contributed by atoms with E-state index in [1.165, 1.54) is 33.3 Å². The van der Waals surface area contributed by atoms with Gasteiger partial charge >= 0.3 is 6.03 Å². The highest BCUT2D eigenvalue weighted by Crippen LogP contribution is 2.41. The van der Waals surface area contributed by atoms with E-state index in [4.69, 9.17) is 0 Å². The first kappa shape index (κ1) is 18.3. The van der Waals surface area contributed by atoms with E-state index in [9.17, 15) is 4.79 Å². The van der Waals surface area contributed by atoms with E-state index in [-0.39, 0.29) is 12.1 Å². The van der Waals surface area contributed by atoms with Gasteiger partial charge in [-0.1, -0.05) is 78.9 Å². The first-order valence-electron chi connectivity index (χ1n) is 11.0. The summed E-state index contributed by atoms with van der Waals surface area (Å²) in [5.41, 5.74) is 6.48. The standard InChI is InChI=1S/C27H25N3O/c31-27-28(17-20-9-3-1-4-10-20)19-25-26-23(15-16-29(25)27)22-13-7-8-14-24(22)30(26)18-21-11-5-2-6-12-21/h1-14,25H,15-19H2. The molecule has 1 unspecified atom stereocenters. The molecule has 1 aromatic heterocycles. The van der Waals surface area contributed by atoms with Crippen LogP contribution in [0, 0.1) is 0 Å². The largest absolute Gasteiger partial charge is 0.338 e. The number of carbonyl (C=O) groups is 1. The monoisotopic (exact) mass is 407 g/mol. The Morgan fingerprint density at radius 3 is 2.16 bits per heavy atom. The molecule has 0 bridgehead atoms. The van der Waals surface area contributed by atoms with Crippen molar-refractivity contribution in [3.05, 3.63) is 107 Å². The molecule has 0 N–H and O–H groups in total. The predicted octanol–water partition coefficient (Wildman–Crippen LogP) is 5.22. The number of nitrogens with zero attached hydrogens (tertiary/aromatic N) is 3. The fraction of sp³-hybridized carbons (Fsp3) is 0.222. The van der Waals surface area contributed by atoms with Crippen molar-refractivity contribution in [3.63, 3.8) is 0 Å². The number of benzene rings is 3. The topological polar surface area (TPSA) is 28.5 Å². The third-order valence-corrected chi connectivity index (χ3v) is 6.72. The van der Waals surface area contributed by atoms with Gasteiger partial charge in [-0.3, -0.25) is 0 Å². The summed E-state index contributed by atoms with van der Waals surface area (Å²) in [6.07, 6.45) is 0.916. The lowest BCUT2D eigenvalue weighted by atomic mass is 9.98. The molecule has 1 saturated heterocycles. The van der Waals surface area contributed by atoms with Crippen molar-refractivity contribution in [2.45, 2.75) is 25.6 Å². The van der Waals surface area contributed by atoms with E-state index in [2.05, 4.69) is 76.2 Å². The van der Waals surface area contributed by atoms with Gasteiger partial charge in [-0.15, -0.1) is 0 Å². The van der Waals surface area contributed by atoms with Crippen LogP contribution in [-0.4, -0.2) is 33.5 Å². The second kappa shape index (κ2) is 7.31. The van der Waals surface area contributed by atoms with Crippen LogP contribution in [0.25, 0.3) is 10.9 Å².